The first-order valence-corrected chi connectivity index (χ1v) is 5.19. The highest BCUT2D eigenvalue weighted by Gasteiger charge is 2.27. The zero-order valence-electron chi connectivity index (χ0n) is 10.3. The van der Waals surface area contributed by atoms with Crippen LogP contribution in [0.4, 0.5) is 0 Å². The molecule has 1 unspecified atom stereocenters. The molecule has 0 bridgehead atoms. The maximum atomic E-state index is 9.11. The van der Waals surface area contributed by atoms with Crippen molar-refractivity contribution in [3.8, 4) is 6.07 Å². The molecule has 0 rings (SSSR count). The first-order chi connectivity index (χ1) is 6.97. The summed E-state index contributed by atoms with van der Waals surface area (Å²) in [5.74, 6) is 0.515. The Morgan fingerprint density at radius 1 is 1.33 bits per heavy atom. The predicted molar refractivity (Wildman–Crippen MR) is 59.3 cm³/mol. The van der Waals surface area contributed by atoms with Gasteiger partial charge in [-0.05, 0) is 19.4 Å². The summed E-state index contributed by atoms with van der Waals surface area (Å²) >= 11 is 0. The van der Waals surface area contributed by atoms with Gasteiger partial charge < -0.3 is 9.47 Å². The van der Waals surface area contributed by atoms with E-state index in [4.69, 9.17) is 14.7 Å². The molecule has 0 aliphatic rings. The number of methoxy groups -OCH3 is 2. The van der Waals surface area contributed by atoms with Crippen molar-refractivity contribution in [1.82, 2.24) is 5.32 Å². The highest BCUT2D eigenvalue weighted by Crippen LogP contribution is 2.14. The topological polar surface area (TPSA) is 54.3 Å². The SMILES string of the molecule is COC(CC(C)(C#N)NCC(C)C)OC. The predicted octanol–water partition coefficient (Wildman–Crippen LogP) is 1.52. The van der Waals surface area contributed by atoms with Crippen LogP contribution in [-0.4, -0.2) is 32.6 Å². The number of nitrogens with zero attached hydrogens (tertiary/aromatic N) is 1. The molecule has 0 amide bonds. The van der Waals surface area contributed by atoms with Gasteiger partial charge in [0.25, 0.3) is 0 Å². The van der Waals surface area contributed by atoms with Gasteiger partial charge in [-0.2, -0.15) is 5.26 Å². The standard InChI is InChI=1S/C11H22N2O2/c1-9(2)7-13-11(3,8-12)6-10(14-4)15-5/h9-10,13H,6-7H2,1-5H3. The van der Waals surface area contributed by atoms with E-state index < -0.39 is 5.54 Å². The van der Waals surface area contributed by atoms with Crippen LogP contribution in [0, 0.1) is 17.2 Å². The van der Waals surface area contributed by atoms with Crippen LogP contribution in [0.2, 0.25) is 0 Å². The van der Waals surface area contributed by atoms with Gasteiger partial charge in [-0.25, -0.2) is 0 Å². The normalized spacial score (nSPS) is 15.3. The van der Waals surface area contributed by atoms with Gasteiger partial charge >= 0.3 is 0 Å². The molecule has 0 saturated carbocycles. The third kappa shape index (κ3) is 5.73. The summed E-state index contributed by atoms with van der Waals surface area (Å²) in [5.41, 5.74) is -0.596. The van der Waals surface area contributed by atoms with Crippen LogP contribution in [0.15, 0.2) is 0 Å². The van der Waals surface area contributed by atoms with Gasteiger partial charge in [0, 0.05) is 20.6 Å². The van der Waals surface area contributed by atoms with Crippen LogP contribution < -0.4 is 5.32 Å². The molecule has 0 aromatic carbocycles. The van der Waals surface area contributed by atoms with Crippen molar-refractivity contribution in [3.63, 3.8) is 0 Å². The molecule has 0 aromatic heterocycles. The Bertz CT molecular complexity index is 209. The van der Waals surface area contributed by atoms with Gasteiger partial charge in [0.1, 0.15) is 5.54 Å². The van der Waals surface area contributed by atoms with Crippen molar-refractivity contribution in [2.75, 3.05) is 20.8 Å². The molecule has 88 valence electrons. The number of hydrogen-bond donors (Lipinski definition) is 1. The van der Waals surface area contributed by atoms with E-state index in [1.807, 2.05) is 6.92 Å². The van der Waals surface area contributed by atoms with E-state index in [1.165, 1.54) is 0 Å². The number of rotatable bonds is 7. The average Bonchev–Trinajstić information content (AvgIpc) is 2.23. The minimum atomic E-state index is -0.596. The zero-order valence-corrected chi connectivity index (χ0v) is 10.3. The summed E-state index contributed by atoms with van der Waals surface area (Å²) < 4.78 is 10.2. The molecule has 0 radical (unpaired) electrons. The highest BCUT2D eigenvalue weighted by atomic mass is 16.7. The van der Waals surface area contributed by atoms with Crippen LogP contribution in [-0.2, 0) is 9.47 Å². The van der Waals surface area contributed by atoms with Gasteiger partial charge in [-0.3, -0.25) is 5.32 Å². The van der Waals surface area contributed by atoms with E-state index in [0.717, 1.165) is 6.54 Å². The summed E-state index contributed by atoms with van der Waals surface area (Å²) in [6.45, 7) is 6.88. The lowest BCUT2D eigenvalue weighted by Crippen LogP contribution is -2.45. The molecule has 0 aliphatic carbocycles. The summed E-state index contributed by atoms with van der Waals surface area (Å²) in [5, 5.41) is 12.3. The number of ether oxygens (including phenoxy) is 2. The van der Waals surface area contributed by atoms with E-state index in [9.17, 15) is 0 Å². The fourth-order valence-electron chi connectivity index (χ4n) is 1.18. The minimum absolute atomic E-state index is 0.339. The van der Waals surface area contributed by atoms with Crippen molar-refractivity contribution in [2.45, 2.75) is 39.0 Å². The molecule has 0 saturated heterocycles. The van der Waals surface area contributed by atoms with Crippen molar-refractivity contribution in [1.29, 1.82) is 5.26 Å². The molecule has 4 heteroatoms. The second kappa shape index (κ2) is 6.78. The van der Waals surface area contributed by atoms with E-state index >= 15 is 0 Å². The lowest BCUT2D eigenvalue weighted by atomic mass is 9.98. The van der Waals surface area contributed by atoms with Crippen LogP contribution in [0.1, 0.15) is 27.2 Å². The first kappa shape index (κ1) is 14.4. The second-order valence-electron chi connectivity index (χ2n) is 4.32. The number of nitriles is 1. The molecule has 0 spiro atoms. The molecular weight excluding hydrogens is 192 g/mol. The Labute approximate surface area is 92.6 Å². The van der Waals surface area contributed by atoms with Gasteiger partial charge in [0.05, 0.1) is 6.07 Å². The Hall–Kier alpha value is -0.630. The highest BCUT2D eigenvalue weighted by molar-refractivity contribution is 5.04. The van der Waals surface area contributed by atoms with Crippen LogP contribution in [0.25, 0.3) is 0 Å². The Morgan fingerprint density at radius 2 is 1.87 bits per heavy atom. The Kier molecular flexibility index (Phi) is 6.50. The summed E-state index contributed by atoms with van der Waals surface area (Å²) in [6.07, 6.45) is 0.178. The van der Waals surface area contributed by atoms with E-state index in [0.29, 0.717) is 12.3 Å². The first-order valence-electron chi connectivity index (χ1n) is 5.19. The lowest BCUT2D eigenvalue weighted by molar-refractivity contribution is -0.114. The van der Waals surface area contributed by atoms with E-state index in [1.54, 1.807) is 14.2 Å². The fraction of sp³-hybridized carbons (Fsp3) is 0.909. The molecule has 0 heterocycles. The third-order valence-corrected chi connectivity index (χ3v) is 2.25. The van der Waals surface area contributed by atoms with Crippen LogP contribution in [0.3, 0.4) is 0 Å². The van der Waals surface area contributed by atoms with Gasteiger partial charge in [0.2, 0.25) is 0 Å². The summed E-state index contributed by atoms with van der Waals surface area (Å²) in [7, 11) is 3.16. The maximum absolute atomic E-state index is 9.11. The van der Waals surface area contributed by atoms with Crippen LogP contribution >= 0.6 is 0 Å². The number of nitrogens with one attached hydrogen (secondary N) is 1. The van der Waals surface area contributed by atoms with Crippen LogP contribution in [0.5, 0.6) is 0 Å². The fourth-order valence-corrected chi connectivity index (χ4v) is 1.18. The monoisotopic (exact) mass is 214 g/mol. The summed E-state index contributed by atoms with van der Waals surface area (Å²) in [6, 6.07) is 2.26. The maximum Gasteiger partial charge on any atom is 0.159 e. The van der Waals surface area contributed by atoms with Crippen molar-refractivity contribution in [3.05, 3.63) is 0 Å². The molecule has 0 aromatic rings. The van der Waals surface area contributed by atoms with E-state index in [-0.39, 0.29) is 6.29 Å². The number of hydrogen-bond acceptors (Lipinski definition) is 4. The quantitative estimate of drug-likeness (QED) is 0.653. The van der Waals surface area contributed by atoms with Gasteiger partial charge in [-0.1, -0.05) is 13.8 Å². The average molecular weight is 214 g/mol. The molecule has 15 heavy (non-hydrogen) atoms. The van der Waals surface area contributed by atoms with Crippen molar-refractivity contribution >= 4 is 0 Å². The minimum Gasteiger partial charge on any atom is -0.356 e. The Balaban J connectivity index is 4.24. The molecule has 0 fully saturated rings. The molecular formula is C11H22N2O2. The summed E-state index contributed by atoms with van der Waals surface area (Å²) in [4.78, 5) is 0. The smallest absolute Gasteiger partial charge is 0.159 e. The largest absolute Gasteiger partial charge is 0.356 e. The third-order valence-electron chi connectivity index (χ3n) is 2.25. The Morgan fingerprint density at radius 3 is 2.20 bits per heavy atom. The van der Waals surface area contributed by atoms with Crippen molar-refractivity contribution in [2.24, 2.45) is 5.92 Å². The zero-order chi connectivity index (χ0) is 11.9. The molecule has 1 atom stereocenters. The molecule has 4 nitrogen and oxygen atoms in total. The van der Waals surface area contributed by atoms with E-state index in [2.05, 4.69) is 25.2 Å². The molecule has 1 N–H and O–H groups in total. The second-order valence-corrected chi connectivity index (χ2v) is 4.32. The van der Waals surface area contributed by atoms with Gasteiger partial charge in [-0.15, -0.1) is 0 Å². The van der Waals surface area contributed by atoms with Gasteiger partial charge in [0.15, 0.2) is 6.29 Å². The lowest BCUT2D eigenvalue weighted by Gasteiger charge is -2.27. The van der Waals surface area contributed by atoms with Crippen molar-refractivity contribution < 1.29 is 9.47 Å². The molecule has 0 aliphatic heterocycles.